The predicted octanol–water partition coefficient (Wildman–Crippen LogP) is 1.99. The molecule has 124 valence electrons. The Morgan fingerprint density at radius 3 is 2.52 bits per heavy atom. The molecule has 0 bridgehead atoms. The Bertz CT molecular complexity index is 630. The SMILES string of the molecule is C=C(C)C(=O)OCCNC(=O)OCC(=O)c1ccc(F)cc1F. The number of ether oxygens (including phenoxy) is 2. The van der Waals surface area contributed by atoms with Gasteiger partial charge >= 0.3 is 12.1 Å². The lowest BCUT2D eigenvalue weighted by Crippen LogP contribution is -2.30. The van der Waals surface area contributed by atoms with Crippen molar-refractivity contribution in [2.24, 2.45) is 0 Å². The molecule has 0 aliphatic heterocycles. The largest absolute Gasteiger partial charge is 0.460 e. The summed E-state index contributed by atoms with van der Waals surface area (Å²) in [6.45, 7) is 4.02. The number of ketones is 1. The maximum Gasteiger partial charge on any atom is 0.407 e. The molecule has 23 heavy (non-hydrogen) atoms. The fraction of sp³-hybridized carbons (Fsp3) is 0.267. The van der Waals surface area contributed by atoms with Gasteiger partial charge in [0.15, 0.2) is 6.61 Å². The first-order valence-corrected chi connectivity index (χ1v) is 6.52. The van der Waals surface area contributed by atoms with Crippen molar-refractivity contribution in [1.82, 2.24) is 5.32 Å². The van der Waals surface area contributed by atoms with Crippen molar-refractivity contribution in [3.8, 4) is 0 Å². The molecule has 1 rings (SSSR count). The summed E-state index contributed by atoms with van der Waals surface area (Å²) in [5, 5.41) is 2.23. The zero-order valence-electron chi connectivity index (χ0n) is 12.4. The van der Waals surface area contributed by atoms with Crippen LogP contribution in [0.25, 0.3) is 0 Å². The van der Waals surface area contributed by atoms with Gasteiger partial charge in [0.25, 0.3) is 0 Å². The smallest absolute Gasteiger partial charge is 0.407 e. The van der Waals surface area contributed by atoms with Crippen LogP contribution in [-0.4, -0.2) is 37.6 Å². The van der Waals surface area contributed by atoms with Crippen molar-refractivity contribution in [3.05, 3.63) is 47.5 Å². The third kappa shape index (κ3) is 6.25. The Morgan fingerprint density at radius 2 is 1.91 bits per heavy atom. The van der Waals surface area contributed by atoms with Gasteiger partial charge < -0.3 is 14.8 Å². The van der Waals surface area contributed by atoms with E-state index in [1.54, 1.807) is 0 Å². The van der Waals surface area contributed by atoms with Crippen molar-refractivity contribution in [2.75, 3.05) is 19.8 Å². The number of benzene rings is 1. The van der Waals surface area contributed by atoms with Crippen LogP contribution in [0.5, 0.6) is 0 Å². The third-order valence-corrected chi connectivity index (χ3v) is 2.52. The number of nitrogens with one attached hydrogen (secondary N) is 1. The number of hydrogen-bond donors (Lipinski definition) is 1. The van der Waals surface area contributed by atoms with Gasteiger partial charge in [-0.05, 0) is 19.1 Å². The molecule has 0 saturated heterocycles. The summed E-state index contributed by atoms with van der Waals surface area (Å²) in [5.41, 5.74) is -0.158. The summed E-state index contributed by atoms with van der Waals surface area (Å²) in [5.74, 6) is -3.26. The van der Waals surface area contributed by atoms with Crippen LogP contribution in [-0.2, 0) is 14.3 Å². The molecule has 0 spiro atoms. The number of alkyl carbamates (subject to hydrolysis) is 1. The monoisotopic (exact) mass is 327 g/mol. The van der Waals surface area contributed by atoms with Crippen LogP contribution in [0.4, 0.5) is 13.6 Å². The van der Waals surface area contributed by atoms with Crippen LogP contribution in [0.3, 0.4) is 0 Å². The molecule has 8 heteroatoms. The predicted molar refractivity (Wildman–Crippen MR) is 75.8 cm³/mol. The van der Waals surface area contributed by atoms with Gasteiger partial charge in [-0.1, -0.05) is 6.58 Å². The normalized spacial score (nSPS) is 9.87. The molecule has 0 aliphatic rings. The van der Waals surface area contributed by atoms with E-state index in [2.05, 4.69) is 16.6 Å². The van der Waals surface area contributed by atoms with Crippen molar-refractivity contribution in [2.45, 2.75) is 6.92 Å². The highest BCUT2D eigenvalue weighted by molar-refractivity contribution is 5.98. The van der Waals surface area contributed by atoms with Gasteiger partial charge in [-0.15, -0.1) is 0 Å². The van der Waals surface area contributed by atoms with Crippen molar-refractivity contribution in [3.63, 3.8) is 0 Å². The zero-order chi connectivity index (χ0) is 17.4. The molecule has 0 atom stereocenters. The molecule has 0 fully saturated rings. The number of carbonyl (C=O) groups excluding carboxylic acids is 3. The molecule has 1 aromatic carbocycles. The van der Waals surface area contributed by atoms with Gasteiger partial charge in [0.1, 0.15) is 18.2 Å². The fourth-order valence-electron chi connectivity index (χ4n) is 1.40. The van der Waals surface area contributed by atoms with E-state index < -0.39 is 36.1 Å². The minimum absolute atomic E-state index is 0.0308. The van der Waals surface area contributed by atoms with E-state index in [-0.39, 0.29) is 24.3 Å². The molecule has 1 N–H and O–H groups in total. The van der Waals surface area contributed by atoms with Gasteiger partial charge in [-0.2, -0.15) is 0 Å². The maximum absolute atomic E-state index is 13.3. The van der Waals surface area contributed by atoms with Gasteiger partial charge in [0, 0.05) is 11.6 Å². The molecule has 0 unspecified atom stereocenters. The molecule has 0 heterocycles. The first-order valence-electron chi connectivity index (χ1n) is 6.52. The minimum Gasteiger partial charge on any atom is -0.460 e. The van der Waals surface area contributed by atoms with E-state index in [9.17, 15) is 23.2 Å². The number of halogens is 2. The molecule has 0 aromatic heterocycles. The van der Waals surface area contributed by atoms with E-state index in [0.717, 1.165) is 12.1 Å². The lowest BCUT2D eigenvalue weighted by Gasteiger charge is -2.08. The summed E-state index contributed by atoms with van der Waals surface area (Å²) in [7, 11) is 0. The first kappa shape index (κ1) is 18.3. The van der Waals surface area contributed by atoms with Crippen LogP contribution < -0.4 is 5.32 Å². The Balaban J connectivity index is 2.31. The van der Waals surface area contributed by atoms with E-state index in [1.807, 2.05) is 0 Å². The Kier molecular flexibility index (Phi) is 6.85. The Hall–Kier alpha value is -2.77. The quantitative estimate of drug-likeness (QED) is 0.358. The lowest BCUT2D eigenvalue weighted by molar-refractivity contribution is -0.138. The minimum atomic E-state index is -1.04. The highest BCUT2D eigenvalue weighted by atomic mass is 19.1. The van der Waals surface area contributed by atoms with Crippen LogP contribution >= 0.6 is 0 Å². The fourth-order valence-corrected chi connectivity index (χ4v) is 1.40. The van der Waals surface area contributed by atoms with Gasteiger partial charge in [-0.3, -0.25) is 4.79 Å². The summed E-state index contributed by atoms with van der Waals surface area (Å²) >= 11 is 0. The maximum atomic E-state index is 13.3. The van der Waals surface area contributed by atoms with Crippen LogP contribution in [0.15, 0.2) is 30.4 Å². The highest BCUT2D eigenvalue weighted by Crippen LogP contribution is 2.10. The topological polar surface area (TPSA) is 81.7 Å². The molecule has 0 saturated carbocycles. The Labute approximate surface area is 131 Å². The second-order valence-corrected chi connectivity index (χ2v) is 4.47. The zero-order valence-corrected chi connectivity index (χ0v) is 12.4. The number of hydrogen-bond acceptors (Lipinski definition) is 5. The number of rotatable bonds is 7. The molecule has 0 radical (unpaired) electrons. The lowest BCUT2D eigenvalue weighted by atomic mass is 10.1. The van der Waals surface area contributed by atoms with Crippen molar-refractivity contribution >= 4 is 17.8 Å². The third-order valence-electron chi connectivity index (χ3n) is 2.52. The summed E-state index contributed by atoms with van der Waals surface area (Å²) in [4.78, 5) is 34.0. The Morgan fingerprint density at radius 1 is 1.22 bits per heavy atom. The standard InChI is InChI=1S/C15H15F2NO5/c1-9(2)14(20)22-6-5-18-15(21)23-8-13(19)11-4-3-10(16)7-12(11)17/h3-4,7H,1,5-6,8H2,2H3,(H,18,21). The molecular formula is C15H15F2NO5. The van der Waals surface area contributed by atoms with E-state index in [0.29, 0.717) is 6.07 Å². The van der Waals surface area contributed by atoms with Crippen LogP contribution in [0, 0.1) is 11.6 Å². The number of esters is 1. The van der Waals surface area contributed by atoms with Crippen LogP contribution in [0.2, 0.25) is 0 Å². The number of amides is 1. The van der Waals surface area contributed by atoms with E-state index in [4.69, 9.17) is 4.74 Å². The summed E-state index contributed by atoms with van der Waals surface area (Å²) < 4.78 is 35.4. The van der Waals surface area contributed by atoms with Crippen molar-refractivity contribution < 1.29 is 32.6 Å². The number of carbonyl (C=O) groups is 3. The van der Waals surface area contributed by atoms with Gasteiger partial charge in [0.2, 0.25) is 5.78 Å². The first-order chi connectivity index (χ1) is 10.8. The molecule has 0 aliphatic carbocycles. The van der Waals surface area contributed by atoms with Crippen molar-refractivity contribution in [1.29, 1.82) is 0 Å². The molecule has 1 aromatic rings. The van der Waals surface area contributed by atoms with E-state index >= 15 is 0 Å². The average molecular weight is 327 g/mol. The average Bonchev–Trinajstić information content (AvgIpc) is 2.48. The van der Waals surface area contributed by atoms with Gasteiger partial charge in [-0.25, -0.2) is 18.4 Å². The van der Waals surface area contributed by atoms with Gasteiger partial charge in [0.05, 0.1) is 12.1 Å². The van der Waals surface area contributed by atoms with E-state index in [1.165, 1.54) is 6.92 Å². The summed E-state index contributed by atoms with van der Waals surface area (Å²) in [6.07, 6.45) is -0.938. The number of Topliss-reactive ketones (excluding diaryl/α,β-unsaturated/α-hetero) is 1. The second-order valence-electron chi connectivity index (χ2n) is 4.47. The van der Waals surface area contributed by atoms with Crippen LogP contribution in [0.1, 0.15) is 17.3 Å². The molecule has 6 nitrogen and oxygen atoms in total. The highest BCUT2D eigenvalue weighted by Gasteiger charge is 2.14. The second kappa shape index (κ2) is 8.62. The molecular weight excluding hydrogens is 312 g/mol. The molecule has 1 amide bonds. The summed E-state index contributed by atoms with van der Waals surface area (Å²) in [6, 6.07) is 2.45.